The fourth-order valence-corrected chi connectivity index (χ4v) is 1.82. The third-order valence-corrected chi connectivity index (χ3v) is 2.66. The molecule has 0 N–H and O–H groups in total. The first-order valence-corrected chi connectivity index (χ1v) is 6.84. The summed E-state index contributed by atoms with van der Waals surface area (Å²) >= 11 is 0. The van der Waals surface area contributed by atoms with Crippen LogP contribution in [-0.2, 0) is 16.0 Å². The van der Waals surface area contributed by atoms with Gasteiger partial charge in [0.15, 0.2) is 0 Å². The van der Waals surface area contributed by atoms with Crippen LogP contribution >= 0.6 is 0 Å². The third kappa shape index (κ3) is 5.81. The minimum Gasteiger partial charge on any atom is -0.460 e. The summed E-state index contributed by atoms with van der Waals surface area (Å²) < 4.78 is 5.26. The van der Waals surface area contributed by atoms with Gasteiger partial charge >= 0.3 is 5.97 Å². The highest BCUT2D eigenvalue weighted by Gasteiger charge is 2.17. The van der Waals surface area contributed by atoms with E-state index in [1.807, 2.05) is 20.8 Å². The molecule has 4 nitrogen and oxygen atoms in total. The van der Waals surface area contributed by atoms with E-state index in [0.29, 0.717) is 5.92 Å². The molecule has 0 aliphatic carbocycles. The van der Waals surface area contributed by atoms with Crippen LogP contribution < -0.4 is 0 Å². The van der Waals surface area contributed by atoms with Crippen molar-refractivity contribution in [2.45, 2.75) is 65.4 Å². The highest BCUT2D eigenvalue weighted by atomic mass is 16.6. The van der Waals surface area contributed by atoms with Gasteiger partial charge in [0, 0.05) is 18.3 Å². The largest absolute Gasteiger partial charge is 0.460 e. The van der Waals surface area contributed by atoms with Crippen LogP contribution in [0.1, 0.15) is 64.8 Å². The predicted molar refractivity (Wildman–Crippen MR) is 74.9 cm³/mol. The molecule has 0 fully saturated rings. The second-order valence-electron chi connectivity index (χ2n) is 5.90. The van der Waals surface area contributed by atoms with Crippen molar-refractivity contribution in [3.63, 3.8) is 0 Å². The number of aromatic nitrogens is 2. The average molecular weight is 264 g/mol. The Bertz CT molecular complexity index is 407. The Kier molecular flexibility index (Phi) is 5.45. The topological polar surface area (TPSA) is 52.1 Å². The van der Waals surface area contributed by atoms with E-state index in [9.17, 15) is 4.79 Å². The molecule has 1 aromatic rings. The second-order valence-corrected chi connectivity index (χ2v) is 5.90. The van der Waals surface area contributed by atoms with E-state index in [1.54, 1.807) is 12.4 Å². The zero-order chi connectivity index (χ0) is 14.5. The minimum absolute atomic E-state index is 0.222. The van der Waals surface area contributed by atoms with Gasteiger partial charge in [-0.05, 0) is 32.8 Å². The van der Waals surface area contributed by atoms with Crippen LogP contribution in [0.3, 0.4) is 0 Å². The standard InChI is InChI=1S/C15H24N2O2/c1-6-7-11(2)14-16-9-12(10-17-14)8-13(18)19-15(3,4)5/h9-11H,6-8H2,1-5H3. The maximum atomic E-state index is 11.7. The molecule has 106 valence electrons. The normalized spacial score (nSPS) is 13.1. The molecule has 1 rings (SSSR count). The SMILES string of the molecule is CCCC(C)c1ncc(CC(=O)OC(C)(C)C)cn1. The van der Waals surface area contributed by atoms with Crippen LogP contribution in [0.25, 0.3) is 0 Å². The number of esters is 1. The van der Waals surface area contributed by atoms with Crippen molar-refractivity contribution >= 4 is 5.97 Å². The molecule has 0 aliphatic heterocycles. The molecule has 1 unspecified atom stereocenters. The van der Waals surface area contributed by atoms with Gasteiger partial charge in [-0.2, -0.15) is 0 Å². The van der Waals surface area contributed by atoms with Crippen molar-refractivity contribution in [1.82, 2.24) is 9.97 Å². The number of rotatable bonds is 5. The lowest BCUT2D eigenvalue weighted by Crippen LogP contribution is -2.25. The molecule has 1 atom stereocenters. The van der Waals surface area contributed by atoms with Crippen LogP contribution in [0.5, 0.6) is 0 Å². The molecule has 0 radical (unpaired) electrons. The van der Waals surface area contributed by atoms with Gasteiger partial charge in [-0.1, -0.05) is 20.3 Å². The molecule has 1 aromatic heterocycles. The second kappa shape index (κ2) is 6.64. The molecule has 0 aromatic carbocycles. The molecule has 0 saturated carbocycles. The van der Waals surface area contributed by atoms with Gasteiger partial charge in [0.25, 0.3) is 0 Å². The number of carbonyl (C=O) groups is 1. The average Bonchev–Trinajstić information content (AvgIpc) is 2.27. The highest BCUT2D eigenvalue weighted by molar-refractivity contribution is 5.72. The number of hydrogen-bond acceptors (Lipinski definition) is 4. The Morgan fingerprint density at radius 3 is 2.37 bits per heavy atom. The molecule has 0 bridgehead atoms. The molecule has 0 spiro atoms. The van der Waals surface area contributed by atoms with Gasteiger partial charge in [0.1, 0.15) is 11.4 Å². The smallest absolute Gasteiger partial charge is 0.310 e. The minimum atomic E-state index is -0.451. The van der Waals surface area contributed by atoms with Crippen molar-refractivity contribution < 1.29 is 9.53 Å². The van der Waals surface area contributed by atoms with E-state index >= 15 is 0 Å². The van der Waals surface area contributed by atoms with Crippen molar-refractivity contribution in [1.29, 1.82) is 0 Å². The van der Waals surface area contributed by atoms with E-state index in [1.165, 1.54) is 0 Å². The zero-order valence-corrected chi connectivity index (χ0v) is 12.6. The summed E-state index contributed by atoms with van der Waals surface area (Å²) in [5.74, 6) is 0.959. The van der Waals surface area contributed by atoms with E-state index in [4.69, 9.17) is 4.74 Å². The van der Waals surface area contributed by atoms with Crippen LogP contribution in [0.2, 0.25) is 0 Å². The maximum Gasteiger partial charge on any atom is 0.310 e. The predicted octanol–water partition coefficient (Wildman–Crippen LogP) is 3.26. The zero-order valence-electron chi connectivity index (χ0n) is 12.6. The van der Waals surface area contributed by atoms with Crippen LogP contribution in [0, 0.1) is 0 Å². The first-order chi connectivity index (χ1) is 8.81. The molecular formula is C15H24N2O2. The van der Waals surface area contributed by atoms with Crippen LogP contribution in [0.4, 0.5) is 0 Å². The van der Waals surface area contributed by atoms with Crippen LogP contribution in [-0.4, -0.2) is 21.5 Å². The van der Waals surface area contributed by atoms with Crippen molar-refractivity contribution in [2.75, 3.05) is 0 Å². The van der Waals surface area contributed by atoms with Gasteiger partial charge in [0.2, 0.25) is 0 Å². The van der Waals surface area contributed by atoms with E-state index in [-0.39, 0.29) is 12.4 Å². The fourth-order valence-electron chi connectivity index (χ4n) is 1.82. The summed E-state index contributed by atoms with van der Waals surface area (Å²) in [6.07, 6.45) is 5.85. The molecule has 1 heterocycles. The third-order valence-electron chi connectivity index (χ3n) is 2.66. The van der Waals surface area contributed by atoms with E-state index in [0.717, 1.165) is 24.2 Å². The highest BCUT2D eigenvalue weighted by Crippen LogP contribution is 2.16. The fraction of sp³-hybridized carbons (Fsp3) is 0.667. The molecule has 0 amide bonds. The number of carbonyl (C=O) groups excluding carboxylic acids is 1. The summed E-state index contributed by atoms with van der Waals surface area (Å²) in [7, 11) is 0. The maximum absolute atomic E-state index is 11.7. The van der Waals surface area contributed by atoms with Crippen molar-refractivity contribution in [2.24, 2.45) is 0 Å². The summed E-state index contributed by atoms with van der Waals surface area (Å²) in [6, 6.07) is 0. The van der Waals surface area contributed by atoms with E-state index in [2.05, 4.69) is 23.8 Å². The van der Waals surface area contributed by atoms with Crippen molar-refractivity contribution in [3.05, 3.63) is 23.8 Å². The lowest BCUT2D eigenvalue weighted by atomic mass is 10.1. The Balaban J connectivity index is 2.59. The van der Waals surface area contributed by atoms with Gasteiger partial charge in [0.05, 0.1) is 6.42 Å². The van der Waals surface area contributed by atoms with Crippen LogP contribution in [0.15, 0.2) is 12.4 Å². The summed E-state index contributed by atoms with van der Waals surface area (Å²) in [4.78, 5) is 20.3. The van der Waals surface area contributed by atoms with Gasteiger partial charge in [-0.25, -0.2) is 9.97 Å². The van der Waals surface area contributed by atoms with Gasteiger partial charge < -0.3 is 4.74 Å². The first kappa shape index (κ1) is 15.6. The molecule has 0 saturated heterocycles. The lowest BCUT2D eigenvalue weighted by Gasteiger charge is -2.19. The quantitative estimate of drug-likeness (QED) is 0.766. The Labute approximate surface area is 115 Å². The van der Waals surface area contributed by atoms with E-state index < -0.39 is 5.60 Å². The Morgan fingerprint density at radius 1 is 1.32 bits per heavy atom. The summed E-state index contributed by atoms with van der Waals surface area (Å²) in [6.45, 7) is 9.84. The first-order valence-electron chi connectivity index (χ1n) is 6.84. The van der Waals surface area contributed by atoms with Crippen molar-refractivity contribution in [3.8, 4) is 0 Å². The van der Waals surface area contributed by atoms with Gasteiger partial charge in [-0.3, -0.25) is 4.79 Å². The number of nitrogens with zero attached hydrogens (tertiary/aromatic N) is 2. The van der Waals surface area contributed by atoms with Gasteiger partial charge in [-0.15, -0.1) is 0 Å². The Hall–Kier alpha value is -1.45. The molecule has 4 heteroatoms. The summed E-state index contributed by atoms with van der Waals surface area (Å²) in [5.41, 5.74) is 0.342. The number of ether oxygens (including phenoxy) is 1. The molecule has 19 heavy (non-hydrogen) atoms. The Morgan fingerprint density at radius 2 is 1.89 bits per heavy atom. The monoisotopic (exact) mass is 264 g/mol. The summed E-state index contributed by atoms with van der Waals surface area (Å²) in [5, 5.41) is 0. The molecule has 0 aliphatic rings. The lowest BCUT2D eigenvalue weighted by molar-refractivity contribution is -0.153. The number of hydrogen-bond donors (Lipinski definition) is 0. The molecular weight excluding hydrogens is 240 g/mol.